The van der Waals surface area contributed by atoms with Gasteiger partial charge in [0.2, 0.25) is 5.91 Å². The number of carbonyl (C=O) groups excluding carboxylic acids is 1. The number of nitrogens with one attached hydrogen (secondary N) is 2. The second-order valence-corrected chi connectivity index (χ2v) is 5.85. The highest BCUT2D eigenvalue weighted by atomic mass is 16.1. The van der Waals surface area contributed by atoms with Crippen LogP contribution in [0.25, 0.3) is 0 Å². The summed E-state index contributed by atoms with van der Waals surface area (Å²) in [5.74, 6) is 1.25. The smallest absolute Gasteiger partial charge is 0.221 e. The summed E-state index contributed by atoms with van der Waals surface area (Å²) in [7, 11) is 0. The Bertz CT molecular complexity index is 452. The Morgan fingerprint density at radius 2 is 2.15 bits per heavy atom. The maximum atomic E-state index is 11.8. The Kier molecular flexibility index (Phi) is 4.30. The van der Waals surface area contributed by atoms with Crippen molar-refractivity contribution < 1.29 is 4.79 Å². The van der Waals surface area contributed by atoms with Crippen molar-refractivity contribution in [1.29, 1.82) is 0 Å². The van der Waals surface area contributed by atoms with E-state index < -0.39 is 0 Å². The van der Waals surface area contributed by atoms with Gasteiger partial charge in [-0.3, -0.25) is 4.79 Å². The normalized spacial score (nSPS) is 22.7. The maximum Gasteiger partial charge on any atom is 0.221 e. The highest BCUT2D eigenvalue weighted by Crippen LogP contribution is 2.17. The molecule has 1 aromatic heterocycles. The van der Waals surface area contributed by atoms with Crippen molar-refractivity contribution >= 4 is 5.91 Å². The van der Waals surface area contributed by atoms with Crippen molar-refractivity contribution in [2.75, 3.05) is 6.54 Å². The molecule has 0 radical (unpaired) electrons. The van der Waals surface area contributed by atoms with Crippen LogP contribution in [0.5, 0.6) is 0 Å². The zero-order valence-electron chi connectivity index (χ0n) is 11.8. The van der Waals surface area contributed by atoms with E-state index in [0.717, 1.165) is 44.6 Å². The van der Waals surface area contributed by atoms with Gasteiger partial charge in [-0.1, -0.05) is 12.8 Å². The predicted octanol–water partition coefficient (Wildman–Crippen LogP) is 0.631. The molecule has 1 aliphatic heterocycles. The zero-order chi connectivity index (χ0) is 13.8. The van der Waals surface area contributed by atoms with Gasteiger partial charge in [0.25, 0.3) is 0 Å². The maximum absolute atomic E-state index is 11.8. The van der Waals surface area contributed by atoms with E-state index in [1.165, 1.54) is 12.8 Å². The quantitative estimate of drug-likeness (QED) is 0.828. The SMILES string of the molecule is O=C(CCN[C@@H]1CCc2ncnn2C1)NC1CCCC1. The van der Waals surface area contributed by atoms with Crippen LogP contribution >= 0.6 is 0 Å². The number of nitrogens with zero attached hydrogens (tertiary/aromatic N) is 3. The van der Waals surface area contributed by atoms with Crippen molar-refractivity contribution in [2.45, 2.75) is 63.6 Å². The molecule has 6 heteroatoms. The molecule has 2 aliphatic rings. The van der Waals surface area contributed by atoms with E-state index in [9.17, 15) is 4.79 Å². The molecule has 0 spiro atoms. The topological polar surface area (TPSA) is 71.8 Å². The van der Waals surface area contributed by atoms with Crippen LogP contribution in [0.15, 0.2) is 6.33 Å². The molecule has 1 atom stereocenters. The third-order valence-corrected chi connectivity index (χ3v) is 4.31. The molecule has 0 saturated heterocycles. The Hall–Kier alpha value is -1.43. The van der Waals surface area contributed by atoms with E-state index in [2.05, 4.69) is 20.7 Å². The van der Waals surface area contributed by atoms with E-state index in [0.29, 0.717) is 18.5 Å². The molecule has 3 rings (SSSR count). The van der Waals surface area contributed by atoms with Crippen molar-refractivity contribution in [3.8, 4) is 0 Å². The Labute approximate surface area is 119 Å². The summed E-state index contributed by atoms with van der Waals surface area (Å²) >= 11 is 0. The summed E-state index contributed by atoms with van der Waals surface area (Å²) in [4.78, 5) is 16.0. The van der Waals surface area contributed by atoms with Crippen LogP contribution in [0.2, 0.25) is 0 Å². The molecule has 0 unspecified atom stereocenters. The van der Waals surface area contributed by atoms with E-state index in [-0.39, 0.29) is 5.91 Å². The van der Waals surface area contributed by atoms with Gasteiger partial charge in [-0.2, -0.15) is 5.10 Å². The van der Waals surface area contributed by atoms with Crippen LogP contribution in [0, 0.1) is 0 Å². The summed E-state index contributed by atoms with van der Waals surface area (Å²) < 4.78 is 1.96. The van der Waals surface area contributed by atoms with E-state index in [4.69, 9.17) is 0 Å². The number of rotatable bonds is 5. The summed E-state index contributed by atoms with van der Waals surface area (Å²) in [6.45, 7) is 1.60. The lowest BCUT2D eigenvalue weighted by Gasteiger charge is -2.23. The molecule has 0 bridgehead atoms. The lowest BCUT2D eigenvalue weighted by atomic mass is 10.1. The third kappa shape index (κ3) is 3.36. The minimum absolute atomic E-state index is 0.182. The minimum Gasteiger partial charge on any atom is -0.353 e. The van der Waals surface area contributed by atoms with Gasteiger partial charge in [0.05, 0.1) is 6.54 Å². The summed E-state index contributed by atoms with van der Waals surface area (Å²) in [6, 6.07) is 0.832. The summed E-state index contributed by atoms with van der Waals surface area (Å²) in [6.07, 6.45) is 9.03. The van der Waals surface area contributed by atoms with E-state index in [1.54, 1.807) is 6.33 Å². The predicted molar refractivity (Wildman–Crippen MR) is 75.1 cm³/mol. The lowest BCUT2D eigenvalue weighted by Crippen LogP contribution is -2.40. The Balaban J connectivity index is 1.35. The Morgan fingerprint density at radius 3 is 3.00 bits per heavy atom. The van der Waals surface area contributed by atoms with Crippen LogP contribution in [-0.2, 0) is 17.8 Å². The first kappa shape index (κ1) is 13.5. The van der Waals surface area contributed by atoms with Crippen LogP contribution in [0.4, 0.5) is 0 Å². The molecule has 6 nitrogen and oxygen atoms in total. The van der Waals surface area contributed by atoms with Gasteiger partial charge in [-0.05, 0) is 19.3 Å². The molecule has 1 fully saturated rings. The van der Waals surface area contributed by atoms with Gasteiger partial charge in [-0.25, -0.2) is 9.67 Å². The first-order chi connectivity index (χ1) is 9.81. The largest absolute Gasteiger partial charge is 0.353 e. The molecular formula is C14H23N5O. The second-order valence-electron chi connectivity index (χ2n) is 5.85. The summed E-state index contributed by atoms with van der Waals surface area (Å²) in [5.41, 5.74) is 0. The average Bonchev–Trinajstić information content (AvgIpc) is 3.09. The fraction of sp³-hybridized carbons (Fsp3) is 0.786. The monoisotopic (exact) mass is 277 g/mol. The van der Waals surface area contributed by atoms with Crippen LogP contribution in [-0.4, -0.2) is 39.3 Å². The van der Waals surface area contributed by atoms with Gasteiger partial charge in [-0.15, -0.1) is 0 Å². The number of hydrogen-bond acceptors (Lipinski definition) is 4. The van der Waals surface area contributed by atoms with Crippen molar-refractivity contribution in [2.24, 2.45) is 0 Å². The molecule has 1 aromatic rings. The molecule has 20 heavy (non-hydrogen) atoms. The standard InChI is InChI=1S/C14H23N5O/c20-14(18-11-3-1-2-4-11)7-8-15-12-5-6-13-16-10-17-19(13)9-12/h10-12,15H,1-9H2,(H,18,20)/t12-/m1/s1. The van der Waals surface area contributed by atoms with E-state index in [1.807, 2.05) is 4.68 Å². The van der Waals surface area contributed by atoms with Gasteiger partial charge < -0.3 is 10.6 Å². The second kappa shape index (κ2) is 6.35. The average molecular weight is 277 g/mol. The van der Waals surface area contributed by atoms with Crippen molar-refractivity contribution in [3.63, 3.8) is 0 Å². The molecular weight excluding hydrogens is 254 g/mol. The van der Waals surface area contributed by atoms with Gasteiger partial charge in [0.1, 0.15) is 12.2 Å². The lowest BCUT2D eigenvalue weighted by molar-refractivity contribution is -0.121. The minimum atomic E-state index is 0.182. The fourth-order valence-corrected chi connectivity index (χ4v) is 3.16. The molecule has 2 heterocycles. The van der Waals surface area contributed by atoms with Crippen molar-refractivity contribution in [3.05, 3.63) is 12.2 Å². The highest BCUT2D eigenvalue weighted by Gasteiger charge is 2.20. The molecule has 1 saturated carbocycles. The van der Waals surface area contributed by atoms with Crippen LogP contribution in [0.3, 0.4) is 0 Å². The number of hydrogen-bond donors (Lipinski definition) is 2. The molecule has 110 valence electrons. The number of aromatic nitrogens is 3. The Morgan fingerprint density at radius 1 is 1.30 bits per heavy atom. The first-order valence-electron chi connectivity index (χ1n) is 7.70. The number of aryl methyl sites for hydroxylation is 1. The molecule has 1 amide bonds. The third-order valence-electron chi connectivity index (χ3n) is 4.31. The molecule has 0 aromatic carbocycles. The summed E-state index contributed by atoms with van der Waals surface area (Å²) in [5, 5.41) is 10.8. The van der Waals surface area contributed by atoms with Crippen LogP contribution in [0.1, 0.15) is 44.3 Å². The highest BCUT2D eigenvalue weighted by molar-refractivity contribution is 5.76. The number of amides is 1. The molecule has 2 N–H and O–H groups in total. The zero-order valence-corrected chi connectivity index (χ0v) is 11.8. The van der Waals surface area contributed by atoms with Gasteiger partial charge >= 0.3 is 0 Å². The van der Waals surface area contributed by atoms with E-state index >= 15 is 0 Å². The van der Waals surface area contributed by atoms with Crippen LogP contribution < -0.4 is 10.6 Å². The fourth-order valence-electron chi connectivity index (χ4n) is 3.16. The first-order valence-corrected chi connectivity index (χ1v) is 7.70. The number of carbonyl (C=O) groups is 1. The van der Waals surface area contributed by atoms with Gasteiger partial charge in [0, 0.05) is 31.5 Å². The number of fused-ring (bicyclic) bond motifs is 1. The van der Waals surface area contributed by atoms with Gasteiger partial charge in [0.15, 0.2) is 0 Å². The van der Waals surface area contributed by atoms with Crippen molar-refractivity contribution in [1.82, 2.24) is 25.4 Å². The molecule has 1 aliphatic carbocycles.